The summed E-state index contributed by atoms with van der Waals surface area (Å²) < 4.78 is 53.0. The number of nitrogens with one attached hydrogen (secondary N) is 1. The van der Waals surface area contributed by atoms with Crippen molar-refractivity contribution in [2.45, 2.75) is 24.8 Å². The average Bonchev–Trinajstić information content (AvgIpc) is 2.41. The third kappa shape index (κ3) is 3.65. The molecule has 2 rings (SSSR count). The lowest BCUT2D eigenvalue weighted by Crippen LogP contribution is -2.46. The largest absolute Gasteiger partial charge is 0.418 e. The van der Waals surface area contributed by atoms with Gasteiger partial charge in [0.05, 0.1) is 16.5 Å². The average molecular weight is 321 g/mol. The SMILES string of the molecule is CN1CC[C@@H](Nc2ccc([N+](=O)[O-])cc2C(F)(F)F)[C@@H](F)C1. The van der Waals surface area contributed by atoms with Crippen molar-refractivity contribution < 1.29 is 22.5 Å². The number of benzene rings is 1. The number of hydrogen-bond donors (Lipinski definition) is 1. The molecule has 1 saturated heterocycles. The summed E-state index contributed by atoms with van der Waals surface area (Å²) >= 11 is 0. The molecule has 22 heavy (non-hydrogen) atoms. The van der Waals surface area contributed by atoms with Crippen LogP contribution in [0.15, 0.2) is 18.2 Å². The van der Waals surface area contributed by atoms with Crippen molar-refractivity contribution in [1.29, 1.82) is 0 Å². The van der Waals surface area contributed by atoms with Crippen LogP contribution >= 0.6 is 0 Å². The van der Waals surface area contributed by atoms with Gasteiger partial charge in [0, 0.05) is 30.9 Å². The van der Waals surface area contributed by atoms with E-state index < -0.39 is 34.6 Å². The molecular weight excluding hydrogens is 306 g/mol. The normalized spacial score (nSPS) is 23.3. The van der Waals surface area contributed by atoms with Gasteiger partial charge < -0.3 is 10.2 Å². The first-order valence-electron chi connectivity index (χ1n) is 6.63. The van der Waals surface area contributed by atoms with Crippen molar-refractivity contribution in [3.63, 3.8) is 0 Å². The number of nitro groups is 1. The van der Waals surface area contributed by atoms with E-state index in [1.54, 1.807) is 11.9 Å². The predicted octanol–water partition coefficient (Wildman–Crippen LogP) is 3.07. The Bertz CT molecular complexity index is 565. The van der Waals surface area contributed by atoms with Gasteiger partial charge in [-0.3, -0.25) is 10.1 Å². The molecule has 0 aliphatic carbocycles. The zero-order valence-electron chi connectivity index (χ0n) is 11.7. The van der Waals surface area contributed by atoms with E-state index in [1.807, 2.05) is 0 Å². The summed E-state index contributed by atoms with van der Waals surface area (Å²) in [6, 6.07) is 1.66. The van der Waals surface area contributed by atoms with Gasteiger partial charge in [0.25, 0.3) is 5.69 Å². The highest BCUT2D eigenvalue weighted by Gasteiger charge is 2.37. The summed E-state index contributed by atoms with van der Waals surface area (Å²) in [6.45, 7) is 0.693. The maximum atomic E-state index is 13.9. The van der Waals surface area contributed by atoms with Crippen molar-refractivity contribution in [3.05, 3.63) is 33.9 Å². The third-order valence-corrected chi connectivity index (χ3v) is 3.60. The lowest BCUT2D eigenvalue weighted by Gasteiger charge is -2.33. The molecule has 0 radical (unpaired) electrons. The van der Waals surface area contributed by atoms with E-state index >= 15 is 0 Å². The lowest BCUT2D eigenvalue weighted by molar-refractivity contribution is -0.385. The van der Waals surface area contributed by atoms with Crippen LogP contribution in [-0.2, 0) is 6.18 Å². The number of halogens is 4. The number of alkyl halides is 4. The number of anilines is 1. The molecule has 0 aromatic heterocycles. The molecule has 1 aliphatic rings. The van der Waals surface area contributed by atoms with Crippen LogP contribution < -0.4 is 5.32 Å². The van der Waals surface area contributed by atoms with Crippen LogP contribution in [0.4, 0.5) is 28.9 Å². The maximum Gasteiger partial charge on any atom is 0.418 e. The van der Waals surface area contributed by atoms with Gasteiger partial charge in [-0.2, -0.15) is 13.2 Å². The quantitative estimate of drug-likeness (QED) is 0.528. The van der Waals surface area contributed by atoms with E-state index in [1.165, 1.54) is 0 Å². The number of non-ortho nitro benzene ring substituents is 1. The Hall–Kier alpha value is -1.90. The second kappa shape index (κ2) is 6.07. The van der Waals surface area contributed by atoms with Gasteiger partial charge >= 0.3 is 6.18 Å². The summed E-state index contributed by atoms with van der Waals surface area (Å²) in [7, 11) is 1.73. The molecule has 1 aromatic rings. The monoisotopic (exact) mass is 321 g/mol. The Morgan fingerprint density at radius 3 is 2.64 bits per heavy atom. The molecule has 122 valence electrons. The fraction of sp³-hybridized carbons (Fsp3) is 0.538. The molecule has 9 heteroatoms. The van der Waals surface area contributed by atoms with E-state index in [0.29, 0.717) is 19.0 Å². The summed E-state index contributed by atoms with van der Waals surface area (Å²) in [6.07, 6.45) is -5.72. The molecule has 2 atom stereocenters. The van der Waals surface area contributed by atoms with Gasteiger partial charge in [0.2, 0.25) is 0 Å². The van der Waals surface area contributed by atoms with E-state index in [9.17, 15) is 27.7 Å². The lowest BCUT2D eigenvalue weighted by atomic mass is 10.0. The van der Waals surface area contributed by atoms with E-state index in [4.69, 9.17) is 0 Å². The Kier molecular flexibility index (Phi) is 4.55. The molecule has 1 N–H and O–H groups in total. The van der Waals surface area contributed by atoms with Gasteiger partial charge in [-0.05, 0) is 19.5 Å². The first-order chi connectivity index (χ1) is 10.2. The minimum Gasteiger partial charge on any atom is -0.379 e. The highest BCUT2D eigenvalue weighted by molar-refractivity contribution is 5.58. The summed E-state index contributed by atoms with van der Waals surface area (Å²) in [5, 5.41) is 13.2. The van der Waals surface area contributed by atoms with Crippen LogP contribution in [0.25, 0.3) is 0 Å². The predicted molar refractivity (Wildman–Crippen MR) is 72.5 cm³/mol. The second-order valence-corrected chi connectivity index (χ2v) is 5.30. The smallest absolute Gasteiger partial charge is 0.379 e. The van der Waals surface area contributed by atoms with Crippen LogP contribution in [-0.4, -0.2) is 42.2 Å². The number of nitro benzene ring substituents is 1. The van der Waals surface area contributed by atoms with Crippen LogP contribution in [0.2, 0.25) is 0 Å². The molecule has 0 unspecified atom stereocenters. The molecule has 1 heterocycles. The highest BCUT2D eigenvalue weighted by atomic mass is 19.4. The van der Waals surface area contributed by atoms with Crippen molar-refractivity contribution >= 4 is 11.4 Å². The molecule has 1 aromatic carbocycles. The number of rotatable bonds is 3. The molecular formula is C13H15F4N3O2. The van der Waals surface area contributed by atoms with Crippen molar-refractivity contribution in [2.75, 3.05) is 25.5 Å². The second-order valence-electron chi connectivity index (χ2n) is 5.30. The fourth-order valence-electron chi connectivity index (χ4n) is 2.43. The molecule has 0 spiro atoms. The summed E-state index contributed by atoms with van der Waals surface area (Å²) in [5.74, 6) is 0. The fourth-order valence-corrected chi connectivity index (χ4v) is 2.43. The molecule has 0 amide bonds. The Morgan fingerprint density at radius 2 is 2.09 bits per heavy atom. The highest BCUT2D eigenvalue weighted by Crippen LogP contribution is 2.37. The Morgan fingerprint density at radius 1 is 1.41 bits per heavy atom. The van der Waals surface area contributed by atoms with Gasteiger partial charge in [0.1, 0.15) is 6.17 Å². The van der Waals surface area contributed by atoms with Crippen molar-refractivity contribution in [1.82, 2.24) is 4.90 Å². The molecule has 1 aliphatic heterocycles. The molecule has 0 saturated carbocycles. The van der Waals surface area contributed by atoms with Gasteiger partial charge in [-0.15, -0.1) is 0 Å². The van der Waals surface area contributed by atoms with Crippen molar-refractivity contribution in [3.8, 4) is 0 Å². The van der Waals surface area contributed by atoms with Crippen molar-refractivity contribution in [2.24, 2.45) is 0 Å². The Labute approximate surface area is 124 Å². The Balaban J connectivity index is 2.28. The maximum absolute atomic E-state index is 13.9. The van der Waals surface area contributed by atoms with E-state index in [-0.39, 0.29) is 12.2 Å². The number of piperidine rings is 1. The first-order valence-corrected chi connectivity index (χ1v) is 6.63. The van der Waals surface area contributed by atoms with Crippen LogP contribution in [0.5, 0.6) is 0 Å². The minimum absolute atomic E-state index is 0.131. The number of hydrogen-bond acceptors (Lipinski definition) is 4. The number of likely N-dealkylation sites (tertiary alicyclic amines) is 1. The zero-order chi connectivity index (χ0) is 16.5. The van der Waals surface area contributed by atoms with Gasteiger partial charge in [-0.25, -0.2) is 4.39 Å². The molecule has 1 fully saturated rings. The van der Waals surface area contributed by atoms with E-state index in [0.717, 1.165) is 12.1 Å². The van der Waals surface area contributed by atoms with Crippen LogP contribution in [0.3, 0.4) is 0 Å². The number of nitrogens with zero attached hydrogens (tertiary/aromatic N) is 2. The minimum atomic E-state index is -4.76. The third-order valence-electron chi connectivity index (χ3n) is 3.60. The van der Waals surface area contributed by atoms with E-state index in [2.05, 4.69) is 5.32 Å². The van der Waals surface area contributed by atoms with Crippen LogP contribution in [0.1, 0.15) is 12.0 Å². The zero-order valence-corrected chi connectivity index (χ0v) is 11.7. The molecule has 5 nitrogen and oxygen atoms in total. The summed E-state index contributed by atoms with van der Waals surface area (Å²) in [4.78, 5) is 11.5. The van der Waals surface area contributed by atoms with Crippen LogP contribution in [0, 0.1) is 10.1 Å². The molecule has 0 bridgehead atoms. The summed E-state index contributed by atoms with van der Waals surface area (Å²) in [5.41, 5.74) is -2.15. The van der Waals surface area contributed by atoms with Gasteiger partial charge in [-0.1, -0.05) is 0 Å². The van der Waals surface area contributed by atoms with Gasteiger partial charge in [0.15, 0.2) is 0 Å². The topological polar surface area (TPSA) is 58.4 Å². The standard InChI is InChI=1S/C13H15F4N3O2/c1-19-5-4-12(10(14)7-19)18-11-3-2-8(20(21)22)6-9(11)13(15,16)17/h2-3,6,10,12,18H,4-5,7H2,1H3/t10-,12+/m0/s1. The first kappa shape index (κ1) is 16.5.